The average molecular weight is 676 g/mol. The first kappa shape index (κ1) is 25.9. The summed E-state index contributed by atoms with van der Waals surface area (Å²) in [6.07, 6.45) is 0. The third-order valence-electron chi connectivity index (χ3n) is 8.82. The van der Waals surface area contributed by atoms with Gasteiger partial charge < -0.3 is 0 Å². The van der Waals surface area contributed by atoms with Crippen LogP contribution in [0.5, 0.6) is 0 Å². The van der Waals surface area contributed by atoms with E-state index in [0.717, 1.165) is 0 Å². The predicted molar refractivity (Wildman–Crippen MR) is 194 cm³/mol. The summed E-state index contributed by atoms with van der Waals surface area (Å²) in [6.45, 7) is 0. The van der Waals surface area contributed by atoms with Crippen LogP contribution in [-0.4, -0.2) is 14.5 Å². The average Bonchev–Trinajstić information content (AvgIpc) is 3.45. The van der Waals surface area contributed by atoms with Crippen molar-refractivity contribution in [1.82, 2.24) is 0 Å². The molecule has 2 aliphatic heterocycles. The Balaban J connectivity index is 1.23. The van der Waals surface area contributed by atoms with E-state index in [1.165, 1.54) is 83.8 Å². The molecule has 0 unspecified atom stereocenters. The van der Waals surface area contributed by atoms with Gasteiger partial charge in [0.2, 0.25) is 0 Å². The van der Waals surface area contributed by atoms with E-state index in [4.69, 9.17) is 0 Å². The van der Waals surface area contributed by atoms with Crippen molar-refractivity contribution in [3.63, 3.8) is 0 Å². The van der Waals surface area contributed by atoms with Crippen LogP contribution in [0.25, 0.3) is 30.1 Å². The van der Waals surface area contributed by atoms with Crippen LogP contribution in [0.1, 0.15) is 0 Å². The van der Waals surface area contributed by atoms with Crippen molar-refractivity contribution < 1.29 is 0 Å². The van der Waals surface area contributed by atoms with E-state index in [9.17, 15) is 0 Å². The second-order valence-corrected chi connectivity index (χ2v) is 15.8. The Kier molecular flexibility index (Phi) is 5.79. The van der Waals surface area contributed by atoms with E-state index in [2.05, 4.69) is 155 Å². The van der Waals surface area contributed by atoms with Gasteiger partial charge in [-0.1, -0.05) is 12.1 Å². The van der Waals surface area contributed by atoms with Gasteiger partial charge in [0.15, 0.2) is 0 Å². The molecule has 5 heteroatoms. The number of fused-ring (bicyclic) bond motifs is 8. The van der Waals surface area contributed by atoms with Gasteiger partial charge in [-0.2, -0.15) is 0 Å². The zero-order valence-corrected chi connectivity index (χ0v) is 27.3. The number of benzene rings is 7. The Morgan fingerprint density at radius 3 is 1.42 bits per heavy atom. The monoisotopic (exact) mass is 676 g/mol. The molecule has 8 aromatic rings. The van der Waals surface area contributed by atoms with Gasteiger partial charge in [0.25, 0.3) is 0 Å². The van der Waals surface area contributed by atoms with Gasteiger partial charge >= 0.3 is 265 Å². The zero-order chi connectivity index (χ0) is 29.5. The van der Waals surface area contributed by atoms with E-state index in [1.807, 2.05) is 23.5 Å². The molecule has 0 amide bonds. The molecule has 0 N–H and O–H groups in total. The van der Waals surface area contributed by atoms with E-state index in [1.54, 1.807) is 0 Å². The topological polar surface area (TPSA) is 6.48 Å². The van der Waals surface area contributed by atoms with E-state index in [-0.39, 0.29) is 0 Å². The normalized spacial score (nSPS) is 13.5. The first-order valence-electron chi connectivity index (χ1n) is 15.0. The number of anilines is 6. The van der Waals surface area contributed by atoms with Crippen molar-refractivity contribution in [3.05, 3.63) is 146 Å². The molecule has 3 heterocycles. The van der Waals surface area contributed by atoms with Crippen molar-refractivity contribution in [2.75, 3.05) is 9.80 Å². The van der Waals surface area contributed by atoms with E-state index >= 15 is 0 Å². The van der Waals surface area contributed by atoms with Crippen molar-refractivity contribution in [1.29, 1.82) is 0 Å². The molecule has 7 aromatic carbocycles. The second kappa shape index (κ2) is 10.1. The van der Waals surface area contributed by atoms with Crippen molar-refractivity contribution in [3.8, 4) is 0 Å². The summed E-state index contributed by atoms with van der Waals surface area (Å²) in [6, 6.07) is 53.8. The molecule has 212 valence electrons. The van der Waals surface area contributed by atoms with Crippen LogP contribution in [0.2, 0.25) is 0 Å². The molecule has 0 spiro atoms. The minimum atomic E-state index is 0.299. The number of hydrogen-bond donors (Lipinski definition) is 0. The van der Waals surface area contributed by atoms with Gasteiger partial charge in [0.1, 0.15) is 0 Å². The molecule has 10 rings (SSSR count). The van der Waals surface area contributed by atoms with E-state index < -0.39 is 0 Å². The van der Waals surface area contributed by atoms with Gasteiger partial charge in [0, 0.05) is 0 Å². The van der Waals surface area contributed by atoms with E-state index in [0.29, 0.717) is 14.5 Å². The first-order chi connectivity index (χ1) is 22.3. The Hall–Kier alpha value is -4.38. The summed E-state index contributed by atoms with van der Waals surface area (Å²) >= 11 is 4.04. The van der Waals surface area contributed by atoms with Crippen LogP contribution < -0.4 is 9.80 Å². The third kappa shape index (κ3) is 3.92. The van der Waals surface area contributed by atoms with Crippen LogP contribution in [0, 0.1) is 0 Å². The quantitative estimate of drug-likeness (QED) is 0.168. The second-order valence-electron chi connectivity index (χ2n) is 11.3. The maximum atomic E-state index is 2.51. The summed E-state index contributed by atoms with van der Waals surface area (Å²) in [4.78, 5) is 10.1. The SMILES string of the molecule is c1ccc2c(c1)Sc1ccccc1N2c1cccc2c(N3c4ccccc4Sc4cc5c(cc43)[se]c3ccccc35)cccc12. The number of nitrogens with zero attached hydrogens (tertiary/aromatic N) is 2. The molecule has 0 saturated heterocycles. The standard InChI is InChI=1S/C40H24N2S2Se/c1-8-22-39-27(11-1)28-23-38-34(24-40(28)45-39)42(33-16-4-7-21-37(33)44-38)30-18-10-12-25-26(30)13-9-17-29(25)41-31-14-2-5-19-35(31)43-36-20-6-3-15-32(36)41/h1-24H. The molecular weight excluding hydrogens is 652 g/mol. The molecule has 0 fully saturated rings. The summed E-state index contributed by atoms with van der Waals surface area (Å²) < 4.78 is 2.94. The molecule has 0 aliphatic carbocycles. The Labute approximate surface area is 275 Å². The molecule has 0 radical (unpaired) electrons. The molecule has 45 heavy (non-hydrogen) atoms. The van der Waals surface area contributed by atoms with Gasteiger partial charge in [0.05, 0.1) is 0 Å². The number of hydrogen-bond acceptors (Lipinski definition) is 4. The van der Waals surface area contributed by atoms with Crippen LogP contribution in [0.3, 0.4) is 0 Å². The van der Waals surface area contributed by atoms with Crippen molar-refractivity contribution >= 4 is 102 Å². The van der Waals surface area contributed by atoms with Gasteiger partial charge in [-0.05, 0) is 0 Å². The molecule has 0 atom stereocenters. The van der Waals surface area contributed by atoms with Crippen LogP contribution in [0.15, 0.2) is 165 Å². The molecule has 2 nitrogen and oxygen atoms in total. The minimum absolute atomic E-state index is 0.299. The van der Waals surface area contributed by atoms with Gasteiger partial charge in [-0.15, -0.1) is 0 Å². The van der Waals surface area contributed by atoms with Gasteiger partial charge in [-0.3, -0.25) is 0 Å². The fourth-order valence-corrected chi connectivity index (χ4v) is 11.4. The molecular formula is C40H24N2S2Se. The Morgan fingerprint density at radius 2 is 0.800 bits per heavy atom. The van der Waals surface area contributed by atoms with Crippen LogP contribution in [-0.2, 0) is 0 Å². The molecule has 1 aromatic heterocycles. The summed E-state index contributed by atoms with van der Waals surface area (Å²) in [5.74, 6) is 0. The Bertz CT molecular complexity index is 2440. The summed E-state index contributed by atoms with van der Waals surface area (Å²) in [5.41, 5.74) is 7.36. The summed E-state index contributed by atoms with van der Waals surface area (Å²) in [5, 5.41) is 5.28. The molecule has 0 saturated carbocycles. The number of para-hydroxylation sites is 3. The third-order valence-corrected chi connectivity index (χ3v) is 13.4. The van der Waals surface area contributed by atoms with Crippen molar-refractivity contribution in [2.24, 2.45) is 0 Å². The van der Waals surface area contributed by atoms with Crippen molar-refractivity contribution in [2.45, 2.75) is 19.6 Å². The molecule has 2 aliphatic rings. The fourth-order valence-electron chi connectivity index (χ4n) is 6.86. The predicted octanol–water partition coefficient (Wildman–Crippen LogP) is 12.1. The first-order valence-corrected chi connectivity index (χ1v) is 18.4. The Morgan fingerprint density at radius 1 is 0.333 bits per heavy atom. The fraction of sp³-hybridized carbons (Fsp3) is 0. The molecule has 0 bridgehead atoms. The number of rotatable bonds is 2. The maximum absolute atomic E-state index is 2.51. The summed E-state index contributed by atoms with van der Waals surface area (Å²) in [7, 11) is 0. The van der Waals surface area contributed by atoms with Crippen LogP contribution >= 0.6 is 23.5 Å². The van der Waals surface area contributed by atoms with Gasteiger partial charge in [-0.25, -0.2) is 0 Å². The van der Waals surface area contributed by atoms with Crippen LogP contribution in [0.4, 0.5) is 34.1 Å². The zero-order valence-electron chi connectivity index (χ0n) is 24.0.